The minimum Gasteiger partial charge on any atom is -0.358 e. The predicted molar refractivity (Wildman–Crippen MR) is 45.4 cm³/mol. The summed E-state index contributed by atoms with van der Waals surface area (Å²) < 4.78 is 0. The summed E-state index contributed by atoms with van der Waals surface area (Å²) >= 11 is 0. The Balaban J connectivity index is -0.0000000450. The Morgan fingerprint density at radius 3 is 1.30 bits per heavy atom. The first-order valence-electron chi connectivity index (χ1n) is 2.08. The van der Waals surface area contributed by atoms with Crippen molar-refractivity contribution in [3.05, 3.63) is 53.9 Å². The maximum atomic E-state index is 2.08. The SMILES string of the molecule is C[C]1[CH][CH][CH][CH]1.[CH3-].[CH3-].[CH3-].[Pt+4]. The molecule has 1 aliphatic carbocycles. The van der Waals surface area contributed by atoms with Crippen molar-refractivity contribution in [3.8, 4) is 0 Å². The van der Waals surface area contributed by atoms with Crippen molar-refractivity contribution >= 4 is 0 Å². The van der Waals surface area contributed by atoms with Crippen LogP contribution in [0.4, 0.5) is 0 Å². The van der Waals surface area contributed by atoms with Crippen LogP contribution in [-0.4, -0.2) is 0 Å². The van der Waals surface area contributed by atoms with Crippen molar-refractivity contribution in [2.75, 3.05) is 0 Å². The van der Waals surface area contributed by atoms with Gasteiger partial charge in [0, 0.05) is 0 Å². The van der Waals surface area contributed by atoms with E-state index < -0.39 is 0 Å². The van der Waals surface area contributed by atoms with Crippen LogP contribution in [0.5, 0.6) is 0 Å². The van der Waals surface area contributed by atoms with E-state index in [2.05, 4.69) is 19.8 Å². The fourth-order valence-corrected chi connectivity index (χ4v) is 0.470. The monoisotopic (exact) mass is 319 g/mol. The molecule has 0 aromatic carbocycles. The first-order valence-corrected chi connectivity index (χ1v) is 2.08. The van der Waals surface area contributed by atoms with Crippen LogP contribution in [0.15, 0.2) is 0 Å². The van der Waals surface area contributed by atoms with Gasteiger partial charge in [-0.25, -0.2) is 0 Å². The summed E-state index contributed by atoms with van der Waals surface area (Å²) in [5, 5.41) is 0. The Morgan fingerprint density at radius 2 is 1.20 bits per heavy atom. The van der Waals surface area contributed by atoms with Crippen LogP contribution in [0.1, 0.15) is 6.92 Å². The van der Waals surface area contributed by atoms with E-state index in [0.717, 1.165) is 0 Å². The van der Waals surface area contributed by atoms with Crippen molar-refractivity contribution in [2.45, 2.75) is 6.92 Å². The van der Waals surface area contributed by atoms with Gasteiger partial charge >= 0.3 is 21.1 Å². The molecule has 0 unspecified atom stereocenters. The summed E-state index contributed by atoms with van der Waals surface area (Å²) in [5.74, 6) is 1.34. The molecule has 0 heterocycles. The van der Waals surface area contributed by atoms with Gasteiger partial charge in [-0.1, -0.05) is 6.92 Å². The number of hydrogen-bond donors (Lipinski definition) is 0. The van der Waals surface area contributed by atoms with Crippen LogP contribution in [0.3, 0.4) is 0 Å². The standard InChI is InChI=1S/C6H7.3CH3.Pt/c1-6-4-2-3-5-6;;;;/h2-5H,1H3;3*1H3;/q;3*-1;+4. The van der Waals surface area contributed by atoms with Gasteiger partial charge in [-0.3, -0.25) is 0 Å². The molecular formula is C9H16Pt+. The van der Waals surface area contributed by atoms with Crippen LogP contribution >= 0.6 is 0 Å². The molecule has 1 fully saturated rings. The Labute approximate surface area is 82.1 Å². The Bertz CT molecular complexity index is 38.0. The number of hydrogen-bond acceptors (Lipinski definition) is 0. The molecule has 1 heteroatoms. The van der Waals surface area contributed by atoms with Crippen molar-refractivity contribution in [1.29, 1.82) is 0 Å². The molecule has 0 aliphatic heterocycles. The third-order valence-electron chi connectivity index (χ3n) is 0.829. The quantitative estimate of drug-likeness (QED) is 0.602. The summed E-state index contributed by atoms with van der Waals surface area (Å²) in [7, 11) is 0. The van der Waals surface area contributed by atoms with Crippen molar-refractivity contribution in [1.82, 2.24) is 0 Å². The predicted octanol–water partition coefficient (Wildman–Crippen LogP) is 2.76. The minimum atomic E-state index is 0. The van der Waals surface area contributed by atoms with Gasteiger partial charge in [-0.15, -0.1) is 0 Å². The van der Waals surface area contributed by atoms with Gasteiger partial charge in [0.05, 0.1) is 0 Å². The molecule has 0 aromatic heterocycles. The summed E-state index contributed by atoms with van der Waals surface area (Å²) in [6, 6.07) is 0. The average molecular weight is 319 g/mol. The van der Waals surface area contributed by atoms with Crippen molar-refractivity contribution < 1.29 is 21.1 Å². The van der Waals surface area contributed by atoms with E-state index in [1.165, 1.54) is 5.92 Å². The molecule has 0 amide bonds. The zero-order chi connectivity index (χ0) is 4.41. The zero-order valence-corrected chi connectivity index (χ0v) is 9.40. The maximum Gasteiger partial charge on any atom is 4.00 e. The molecule has 0 bridgehead atoms. The van der Waals surface area contributed by atoms with E-state index in [4.69, 9.17) is 0 Å². The molecule has 0 nitrogen and oxygen atoms in total. The van der Waals surface area contributed by atoms with Gasteiger partial charge in [-0.05, 0) is 31.6 Å². The van der Waals surface area contributed by atoms with Gasteiger partial charge < -0.3 is 22.3 Å². The maximum absolute atomic E-state index is 2.08. The van der Waals surface area contributed by atoms with Crippen LogP contribution < -0.4 is 0 Å². The zero-order valence-electron chi connectivity index (χ0n) is 7.13. The molecule has 0 aromatic rings. The summed E-state index contributed by atoms with van der Waals surface area (Å²) in [6.07, 6.45) is 8.24. The largest absolute Gasteiger partial charge is 4.00 e. The minimum absolute atomic E-state index is 0. The van der Waals surface area contributed by atoms with Gasteiger partial charge in [0.25, 0.3) is 0 Å². The van der Waals surface area contributed by atoms with Gasteiger partial charge in [0.1, 0.15) is 0 Å². The van der Waals surface area contributed by atoms with Gasteiger partial charge in [0.2, 0.25) is 0 Å². The van der Waals surface area contributed by atoms with Crippen molar-refractivity contribution in [2.24, 2.45) is 0 Å². The molecule has 0 N–H and O–H groups in total. The van der Waals surface area contributed by atoms with Crippen LogP contribution in [0, 0.1) is 53.9 Å². The fourth-order valence-electron chi connectivity index (χ4n) is 0.470. The average Bonchev–Trinajstić information content (AvgIpc) is 1.86. The summed E-state index contributed by atoms with van der Waals surface area (Å²) in [5.41, 5.74) is 0. The molecule has 61 valence electrons. The van der Waals surface area contributed by atoms with E-state index in [0.29, 0.717) is 0 Å². The van der Waals surface area contributed by atoms with Crippen LogP contribution in [-0.2, 0) is 21.1 Å². The molecule has 1 saturated carbocycles. The normalized spacial score (nSPS) is 15.3. The second-order valence-corrected chi connectivity index (χ2v) is 1.46. The van der Waals surface area contributed by atoms with Crippen LogP contribution in [0.2, 0.25) is 0 Å². The Kier molecular flexibility index (Phi) is 27.7. The third-order valence-corrected chi connectivity index (χ3v) is 0.829. The molecule has 5 radical (unpaired) electrons. The molecule has 0 atom stereocenters. The van der Waals surface area contributed by atoms with E-state index in [1.54, 1.807) is 0 Å². The second kappa shape index (κ2) is 12.4. The molecule has 0 saturated heterocycles. The third kappa shape index (κ3) is 8.69. The van der Waals surface area contributed by atoms with E-state index >= 15 is 0 Å². The van der Waals surface area contributed by atoms with Crippen molar-refractivity contribution in [3.63, 3.8) is 0 Å². The molecular weight excluding hydrogens is 303 g/mol. The first-order chi connectivity index (χ1) is 2.89. The molecule has 0 spiro atoms. The van der Waals surface area contributed by atoms with E-state index in [9.17, 15) is 0 Å². The molecule has 1 rings (SSSR count). The smallest absolute Gasteiger partial charge is 0.358 e. The van der Waals surface area contributed by atoms with E-state index in [-0.39, 0.29) is 43.3 Å². The van der Waals surface area contributed by atoms with E-state index in [1.807, 2.05) is 12.8 Å². The molecule has 1 aliphatic rings. The Hall–Kier alpha value is 0.688. The first kappa shape index (κ1) is 22.4. The Morgan fingerprint density at radius 1 is 0.900 bits per heavy atom. The van der Waals surface area contributed by atoms with Crippen LogP contribution in [0.25, 0.3) is 0 Å². The molecule has 10 heavy (non-hydrogen) atoms. The second-order valence-electron chi connectivity index (χ2n) is 1.46. The number of rotatable bonds is 0. The fraction of sp³-hybridized carbons (Fsp3) is 0.111. The van der Waals surface area contributed by atoms with Gasteiger partial charge in [0.15, 0.2) is 0 Å². The van der Waals surface area contributed by atoms with Gasteiger partial charge in [-0.2, -0.15) is 0 Å². The summed E-state index contributed by atoms with van der Waals surface area (Å²) in [4.78, 5) is 0. The summed E-state index contributed by atoms with van der Waals surface area (Å²) in [6.45, 7) is 2.08. The topological polar surface area (TPSA) is 0 Å².